The molecule has 0 saturated heterocycles. The lowest BCUT2D eigenvalue weighted by Gasteiger charge is -2.04. The highest BCUT2D eigenvalue weighted by atomic mass is 35.5. The SMILES string of the molecule is O=C(CCCCl)CCCC(F)(F)F. The van der Waals surface area contributed by atoms with Crippen LogP contribution in [0.4, 0.5) is 13.2 Å². The van der Waals surface area contributed by atoms with E-state index in [1.165, 1.54) is 0 Å². The van der Waals surface area contributed by atoms with Crippen LogP contribution in [0.25, 0.3) is 0 Å². The first-order chi connectivity index (χ1) is 5.95. The molecule has 0 bridgehead atoms. The molecule has 0 saturated carbocycles. The normalized spacial score (nSPS) is 11.7. The molecule has 13 heavy (non-hydrogen) atoms. The summed E-state index contributed by atoms with van der Waals surface area (Å²) in [5.41, 5.74) is 0. The van der Waals surface area contributed by atoms with Crippen molar-refractivity contribution in [3.63, 3.8) is 0 Å². The lowest BCUT2D eigenvalue weighted by Crippen LogP contribution is -2.08. The molecular formula is C8H12ClF3O. The van der Waals surface area contributed by atoms with Gasteiger partial charge < -0.3 is 0 Å². The Morgan fingerprint density at radius 3 is 2.15 bits per heavy atom. The van der Waals surface area contributed by atoms with Crippen molar-refractivity contribution in [1.82, 2.24) is 0 Å². The van der Waals surface area contributed by atoms with Gasteiger partial charge in [0.25, 0.3) is 0 Å². The summed E-state index contributed by atoms with van der Waals surface area (Å²) in [6, 6.07) is 0. The highest BCUT2D eigenvalue weighted by Crippen LogP contribution is 2.22. The van der Waals surface area contributed by atoms with Crippen LogP contribution in [0.5, 0.6) is 0 Å². The van der Waals surface area contributed by atoms with E-state index in [0.717, 1.165) is 0 Å². The number of carbonyl (C=O) groups excluding carboxylic acids is 1. The molecule has 0 heterocycles. The van der Waals surface area contributed by atoms with Gasteiger partial charge in [0, 0.05) is 25.1 Å². The summed E-state index contributed by atoms with van der Waals surface area (Å²) in [5.74, 6) is 0.246. The van der Waals surface area contributed by atoms with Crippen LogP contribution >= 0.6 is 11.6 Å². The largest absolute Gasteiger partial charge is 0.389 e. The molecule has 0 radical (unpaired) electrons. The maximum absolute atomic E-state index is 11.6. The maximum atomic E-state index is 11.6. The van der Waals surface area contributed by atoms with Gasteiger partial charge in [-0.1, -0.05) is 0 Å². The second-order valence-electron chi connectivity index (χ2n) is 2.80. The summed E-state index contributed by atoms with van der Waals surface area (Å²) >= 11 is 5.32. The molecule has 0 amide bonds. The van der Waals surface area contributed by atoms with Gasteiger partial charge in [0.15, 0.2) is 0 Å². The van der Waals surface area contributed by atoms with Crippen molar-refractivity contribution in [3.05, 3.63) is 0 Å². The highest BCUT2D eigenvalue weighted by molar-refractivity contribution is 6.17. The fourth-order valence-corrected chi connectivity index (χ4v) is 1.01. The minimum atomic E-state index is -4.15. The zero-order chi connectivity index (χ0) is 10.3. The van der Waals surface area contributed by atoms with Crippen LogP contribution in [0.15, 0.2) is 0 Å². The minimum Gasteiger partial charge on any atom is -0.300 e. The first-order valence-corrected chi connectivity index (χ1v) is 4.63. The van der Waals surface area contributed by atoms with E-state index in [1.807, 2.05) is 0 Å². The second kappa shape index (κ2) is 6.24. The van der Waals surface area contributed by atoms with Crippen LogP contribution in [-0.2, 0) is 4.79 Å². The molecule has 1 nitrogen and oxygen atoms in total. The zero-order valence-corrected chi connectivity index (χ0v) is 7.92. The van der Waals surface area contributed by atoms with Crippen molar-refractivity contribution < 1.29 is 18.0 Å². The van der Waals surface area contributed by atoms with E-state index < -0.39 is 12.6 Å². The Morgan fingerprint density at radius 1 is 1.15 bits per heavy atom. The van der Waals surface area contributed by atoms with Crippen LogP contribution in [0, 0.1) is 0 Å². The summed E-state index contributed by atoms with van der Waals surface area (Å²) in [4.78, 5) is 10.9. The average molecular weight is 217 g/mol. The Kier molecular flexibility index (Phi) is 6.12. The molecule has 5 heteroatoms. The molecule has 0 spiro atoms. The Hall–Kier alpha value is -0.250. The van der Waals surface area contributed by atoms with Gasteiger partial charge in [-0.25, -0.2) is 0 Å². The maximum Gasteiger partial charge on any atom is 0.389 e. The lowest BCUT2D eigenvalue weighted by atomic mass is 10.1. The summed E-state index contributed by atoms with van der Waals surface area (Å²) in [5, 5.41) is 0. The van der Waals surface area contributed by atoms with Gasteiger partial charge in [-0.15, -0.1) is 11.6 Å². The predicted octanol–water partition coefficient (Wildman–Crippen LogP) is 3.31. The van der Waals surface area contributed by atoms with Crippen LogP contribution in [-0.4, -0.2) is 17.8 Å². The van der Waals surface area contributed by atoms with Gasteiger partial charge in [0.05, 0.1) is 0 Å². The van der Waals surface area contributed by atoms with Crippen LogP contribution in [0.2, 0.25) is 0 Å². The Balaban J connectivity index is 3.37. The third-order valence-electron chi connectivity index (χ3n) is 1.51. The van der Waals surface area contributed by atoms with Crippen LogP contribution in [0.3, 0.4) is 0 Å². The van der Waals surface area contributed by atoms with Crippen molar-refractivity contribution in [1.29, 1.82) is 0 Å². The number of ketones is 1. The van der Waals surface area contributed by atoms with Crippen molar-refractivity contribution in [2.75, 3.05) is 5.88 Å². The molecule has 0 aromatic carbocycles. The first kappa shape index (κ1) is 12.8. The van der Waals surface area contributed by atoms with Gasteiger partial charge in [0.1, 0.15) is 5.78 Å². The van der Waals surface area contributed by atoms with Crippen molar-refractivity contribution in [2.45, 2.75) is 38.3 Å². The minimum absolute atomic E-state index is 0.0103. The first-order valence-electron chi connectivity index (χ1n) is 4.10. The molecule has 78 valence electrons. The van der Waals surface area contributed by atoms with Gasteiger partial charge in [-0.05, 0) is 12.8 Å². The van der Waals surface area contributed by atoms with E-state index >= 15 is 0 Å². The summed E-state index contributed by atoms with van der Waals surface area (Å²) in [7, 11) is 0. The van der Waals surface area contributed by atoms with E-state index in [1.54, 1.807) is 0 Å². The Morgan fingerprint density at radius 2 is 1.69 bits per heavy atom. The number of Topliss-reactive ketones (excluding diaryl/α,β-unsaturated/α-hetero) is 1. The highest BCUT2D eigenvalue weighted by Gasteiger charge is 2.26. The molecule has 0 N–H and O–H groups in total. The molecule has 0 fully saturated rings. The number of hydrogen-bond donors (Lipinski definition) is 0. The Labute approximate surface area is 80.3 Å². The van der Waals surface area contributed by atoms with Crippen molar-refractivity contribution in [2.24, 2.45) is 0 Å². The second-order valence-corrected chi connectivity index (χ2v) is 3.18. The molecule has 0 aromatic rings. The van der Waals surface area contributed by atoms with Gasteiger partial charge in [0.2, 0.25) is 0 Å². The summed E-state index contributed by atoms with van der Waals surface area (Å²) < 4.78 is 34.9. The summed E-state index contributed by atoms with van der Waals surface area (Å²) in [6.07, 6.45) is -4.28. The quantitative estimate of drug-likeness (QED) is 0.623. The third-order valence-corrected chi connectivity index (χ3v) is 1.77. The molecule has 0 rings (SSSR count). The van der Waals surface area contributed by atoms with Gasteiger partial charge in [-0.2, -0.15) is 13.2 Å². The molecule has 0 unspecified atom stereocenters. The molecule has 0 aromatic heterocycles. The third kappa shape index (κ3) is 9.67. The van der Waals surface area contributed by atoms with Gasteiger partial charge >= 0.3 is 6.18 Å². The standard InChI is InChI=1S/C8H12ClF3O/c9-6-2-4-7(13)3-1-5-8(10,11)12/h1-6H2. The van der Waals surface area contributed by atoms with Crippen molar-refractivity contribution in [3.8, 4) is 0 Å². The molecule has 0 aliphatic carbocycles. The van der Waals surface area contributed by atoms with Crippen molar-refractivity contribution >= 4 is 17.4 Å². The number of hydrogen-bond acceptors (Lipinski definition) is 1. The van der Waals surface area contributed by atoms with E-state index in [4.69, 9.17) is 11.6 Å². The average Bonchev–Trinajstić information content (AvgIpc) is 1.98. The fourth-order valence-electron chi connectivity index (χ4n) is 0.875. The van der Waals surface area contributed by atoms with E-state index in [2.05, 4.69) is 0 Å². The van der Waals surface area contributed by atoms with Gasteiger partial charge in [-0.3, -0.25) is 4.79 Å². The number of alkyl halides is 4. The topological polar surface area (TPSA) is 17.1 Å². The lowest BCUT2D eigenvalue weighted by molar-refractivity contribution is -0.137. The fraction of sp³-hybridized carbons (Fsp3) is 0.875. The van der Waals surface area contributed by atoms with E-state index in [0.29, 0.717) is 18.7 Å². The predicted molar refractivity (Wildman–Crippen MR) is 44.9 cm³/mol. The van der Waals surface area contributed by atoms with Crippen LogP contribution in [0.1, 0.15) is 32.1 Å². The molecule has 0 aliphatic rings. The molecular weight excluding hydrogens is 205 g/mol. The van der Waals surface area contributed by atoms with E-state index in [-0.39, 0.29) is 18.6 Å². The number of rotatable bonds is 6. The summed E-state index contributed by atoms with van der Waals surface area (Å²) in [6.45, 7) is 0. The number of carbonyl (C=O) groups is 1. The number of halogens is 4. The smallest absolute Gasteiger partial charge is 0.300 e. The zero-order valence-electron chi connectivity index (χ0n) is 7.16. The monoisotopic (exact) mass is 216 g/mol. The van der Waals surface area contributed by atoms with Crippen LogP contribution < -0.4 is 0 Å². The molecule has 0 atom stereocenters. The molecule has 0 aliphatic heterocycles. The Bertz CT molecular complexity index is 156. The van der Waals surface area contributed by atoms with E-state index in [9.17, 15) is 18.0 Å².